The van der Waals surface area contributed by atoms with Crippen LogP contribution in [0.5, 0.6) is 0 Å². The molecule has 0 aliphatic heterocycles. The van der Waals surface area contributed by atoms with E-state index < -0.39 is 33.7 Å². The molecule has 2 atom stereocenters. The Balaban J connectivity index is 3.46. The van der Waals surface area contributed by atoms with Crippen molar-refractivity contribution >= 4 is 28.6 Å². The zero-order valence-corrected chi connectivity index (χ0v) is 14.2. The summed E-state index contributed by atoms with van der Waals surface area (Å²) in [4.78, 5) is 11.0. The minimum Gasteiger partial charge on any atom is -0.477 e. The Labute approximate surface area is 135 Å². The van der Waals surface area contributed by atoms with E-state index in [1.807, 2.05) is 0 Å². The number of benzene rings is 1. The van der Waals surface area contributed by atoms with Crippen LogP contribution in [0.3, 0.4) is 0 Å². The van der Waals surface area contributed by atoms with Crippen LogP contribution in [0.2, 0.25) is 5.02 Å². The molecule has 0 spiro atoms. The number of carboxylic acid groups (broad SMARTS) is 1. The van der Waals surface area contributed by atoms with Crippen molar-refractivity contribution in [3.8, 4) is 0 Å². The minimum atomic E-state index is -4.15. The van der Waals surface area contributed by atoms with Crippen LogP contribution in [0.15, 0.2) is 24.3 Å². The van der Waals surface area contributed by atoms with Gasteiger partial charge < -0.3 is 5.11 Å². The minimum absolute atomic E-state index is 0.00816. The summed E-state index contributed by atoms with van der Waals surface area (Å²) in [5.74, 6) is -6.45. The molecule has 1 aromatic carbocycles. The Kier molecular flexibility index (Phi) is 5.70. The van der Waals surface area contributed by atoms with E-state index in [0.29, 0.717) is 0 Å². The second-order valence-corrected chi connectivity index (χ2v) is 8.47. The number of hydrogen-bond acceptors (Lipinski definition) is 2. The fourth-order valence-electron chi connectivity index (χ4n) is 1.96. The lowest BCUT2D eigenvalue weighted by Crippen LogP contribution is -2.48. The summed E-state index contributed by atoms with van der Waals surface area (Å²) in [5, 5.41) is 8.87. The van der Waals surface area contributed by atoms with E-state index in [-0.39, 0.29) is 10.6 Å². The fraction of sp³-hybridized carbons (Fsp3) is 0.500. The molecule has 0 aliphatic carbocycles. The van der Waals surface area contributed by atoms with Gasteiger partial charge in [-0.25, -0.2) is 13.3 Å². The third kappa shape index (κ3) is 3.83. The maximum atomic E-state index is 14.2. The number of rotatable bonds is 5. The third-order valence-electron chi connectivity index (χ3n) is 2.98. The van der Waals surface area contributed by atoms with Gasteiger partial charge in [0.2, 0.25) is 0 Å². The summed E-state index contributed by atoms with van der Waals surface area (Å²) >= 11 is 5.94. The Hall–Kier alpha value is -1.05. The first-order valence-electron chi connectivity index (χ1n) is 6.41. The number of carbonyl (C=O) groups is 1. The number of alkyl halides is 2. The molecule has 0 amide bonds. The highest BCUT2D eigenvalue weighted by molar-refractivity contribution is 7.84. The molecule has 1 N–H and O–H groups in total. The number of halogens is 3. The molecule has 124 valence electrons. The van der Waals surface area contributed by atoms with Crippen molar-refractivity contribution in [3.63, 3.8) is 0 Å². The van der Waals surface area contributed by atoms with Crippen molar-refractivity contribution in [1.29, 1.82) is 0 Å². The molecule has 0 aliphatic rings. The molecule has 0 saturated heterocycles. The first-order valence-corrected chi connectivity index (χ1v) is 7.89. The number of aliphatic carboxylic acids is 1. The maximum Gasteiger partial charge on any atom is 0.376 e. The predicted molar refractivity (Wildman–Crippen MR) is 82.4 cm³/mol. The van der Waals surface area contributed by atoms with Crippen molar-refractivity contribution < 1.29 is 22.9 Å². The molecule has 0 fully saturated rings. The van der Waals surface area contributed by atoms with Gasteiger partial charge in [-0.3, -0.25) is 0 Å². The van der Waals surface area contributed by atoms with Gasteiger partial charge in [-0.05, 0) is 32.4 Å². The lowest BCUT2D eigenvalue weighted by Gasteiger charge is -2.35. The number of hydrogen-bond donors (Lipinski definition) is 1. The number of carboxylic acids is 1. The van der Waals surface area contributed by atoms with Gasteiger partial charge in [0.15, 0.2) is 0 Å². The van der Waals surface area contributed by atoms with Crippen molar-refractivity contribution in [2.45, 2.75) is 37.5 Å². The molecular weight excluding hydrogens is 336 g/mol. The third-order valence-corrected chi connectivity index (χ3v) is 5.10. The lowest BCUT2D eigenvalue weighted by molar-refractivity contribution is -0.172. The number of nitrogens with zero attached hydrogens (tertiary/aromatic N) is 1. The zero-order valence-electron chi connectivity index (χ0n) is 12.6. The average Bonchev–Trinajstić information content (AvgIpc) is 2.38. The van der Waals surface area contributed by atoms with Crippen molar-refractivity contribution in [1.82, 2.24) is 4.31 Å². The second kappa shape index (κ2) is 6.60. The highest BCUT2D eigenvalue weighted by Gasteiger charge is 2.53. The lowest BCUT2D eigenvalue weighted by atomic mass is 10.0. The normalized spacial score (nSPS) is 15.6. The van der Waals surface area contributed by atoms with Crippen LogP contribution in [0.1, 0.15) is 32.4 Å². The van der Waals surface area contributed by atoms with Crippen molar-refractivity contribution in [3.05, 3.63) is 34.9 Å². The molecule has 0 heterocycles. The summed E-state index contributed by atoms with van der Waals surface area (Å²) in [5.41, 5.74) is -0.0864. The van der Waals surface area contributed by atoms with Gasteiger partial charge in [0.25, 0.3) is 0 Å². The van der Waals surface area contributed by atoms with E-state index in [4.69, 9.17) is 16.7 Å². The Morgan fingerprint density at radius 2 is 1.82 bits per heavy atom. The van der Waals surface area contributed by atoms with Gasteiger partial charge in [-0.2, -0.15) is 8.78 Å². The highest BCUT2D eigenvalue weighted by atomic mass is 35.5. The Morgan fingerprint density at radius 1 is 1.32 bits per heavy atom. The van der Waals surface area contributed by atoms with Gasteiger partial charge in [-0.1, -0.05) is 29.8 Å². The first-order chi connectivity index (χ1) is 9.90. The largest absolute Gasteiger partial charge is 0.477 e. The summed E-state index contributed by atoms with van der Waals surface area (Å²) < 4.78 is 40.9. The standard InChI is InChI=1S/C14H18ClF2NO3S/c1-13(2,3)22(21)18(4)11(14(16,17)12(19)20)9-7-5-6-8-10(9)15/h5-8,11H,1-4H3,(H,19,20)/t11-,22-/m1/s1. The smallest absolute Gasteiger partial charge is 0.376 e. The van der Waals surface area contributed by atoms with E-state index >= 15 is 0 Å². The van der Waals surface area contributed by atoms with Crippen LogP contribution in [-0.4, -0.2) is 37.3 Å². The molecule has 1 aromatic rings. The fourth-order valence-corrected chi connectivity index (χ4v) is 3.50. The van der Waals surface area contributed by atoms with Crippen LogP contribution in [0.4, 0.5) is 8.78 Å². The van der Waals surface area contributed by atoms with Crippen LogP contribution >= 0.6 is 11.6 Å². The van der Waals surface area contributed by atoms with Gasteiger partial charge in [0, 0.05) is 12.1 Å². The van der Waals surface area contributed by atoms with E-state index in [0.717, 1.165) is 4.31 Å². The molecule has 0 aromatic heterocycles. The summed E-state index contributed by atoms with van der Waals surface area (Å²) in [7, 11) is -0.652. The van der Waals surface area contributed by atoms with E-state index in [1.165, 1.54) is 25.2 Å². The summed E-state index contributed by atoms with van der Waals surface area (Å²) in [6.07, 6.45) is 0. The monoisotopic (exact) mass is 353 g/mol. The predicted octanol–water partition coefficient (Wildman–Crippen LogP) is 3.50. The molecule has 0 unspecified atom stereocenters. The van der Waals surface area contributed by atoms with Crippen LogP contribution < -0.4 is 0 Å². The molecule has 0 saturated carbocycles. The van der Waals surface area contributed by atoms with Gasteiger partial charge in [-0.15, -0.1) is 0 Å². The Bertz CT molecular complexity index is 590. The molecule has 0 radical (unpaired) electrons. The van der Waals surface area contributed by atoms with E-state index in [2.05, 4.69) is 0 Å². The molecular formula is C14H18ClF2NO3S. The quantitative estimate of drug-likeness (QED) is 0.881. The Morgan fingerprint density at radius 3 is 2.23 bits per heavy atom. The highest BCUT2D eigenvalue weighted by Crippen LogP contribution is 2.41. The molecule has 22 heavy (non-hydrogen) atoms. The molecule has 1 rings (SSSR count). The first kappa shape index (κ1) is 19.0. The second-order valence-electron chi connectivity index (χ2n) is 5.76. The topological polar surface area (TPSA) is 57.6 Å². The van der Waals surface area contributed by atoms with Gasteiger partial charge in [0.1, 0.15) is 17.0 Å². The van der Waals surface area contributed by atoms with Crippen LogP contribution in [0.25, 0.3) is 0 Å². The zero-order chi connectivity index (χ0) is 17.3. The van der Waals surface area contributed by atoms with Crippen molar-refractivity contribution in [2.75, 3.05) is 7.05 Å². The van der Waals surface area contributed by atoms with Crippen molar-refractivity contribution in [2.24, 2.45) is 0 Å². The van der Waals surface area contributed by atoms with E-state index in [1.54, 1.807) is 26.8 Å². The van der Waals surface area contributed by atoms with E-state index in [9.17, 15) is 17.8 Å². The maximum absolute atomic E-state index is 14.2. The molecule has 0 bridgehead atoms. The molecule has 4 nitrogen and oxygen atoms in total. The SMILES string of the molecule is CN([C@H](c1ccccc1Cl)C(F)(F)C(=O)O)[S@](=O)C(C)(C)C. The van der Waals surface area contributed by atoms with Crippen LogP contribution in [0, 0.1) is 0 Å². The summed E-state index contributed by atoms with van der Waals surface area (Å²) in [6.45, 7) is 4.84. The van der Waals surface area contributed by atoms with Gasteiger partial charge >= 0.3 is 11.9 Å². The molecule has 8 heteroatoms. The summed E-state index contributed by atoms with van der Waals surface area (Å²) in [6, 6.07) is 3.76. The van der Waals surface area contributed by atoms with Gasteiger partial charge in [0.05, 0.1) is 4.75 Å². The average molecular weight is 354 g/mol. The van der Waals surface area contributed by atoms with Crippen LogP contribution in [-0.2, 0) is 15.8 Å².